The van der Waals surface area contributed by atoms with Crippen LogP contribution in [-0.2, 0) is 0 Å². The fourth-order valence-corrected chi connectivity index (χ4v) is 2.54. The Morgan fingerprint density at radius 2 is 2.20 bits per heavy atom. The lowest BCUT2D eigenvalue weighted by Crippen LogP contribution is -2.57. The van der Waals surface area contributed by atoms with Crippen LogP contribution < -0.4 is 10.2 Å². The monoisotopic (exact) mass is 204 g/mol. The quantitative estimate of drug-likeness (QED) is 0.726. The van der Waals surface area contributed by atoms with Crippen molar-refractivity contribution < 1.29 is 0 Å². The maximum absolute atomic E-state index is 4.40. The summed E-state index contributed by atoms with van der Waals surface area (Å²) < 4.78 is 0. The maximum atomic E-state index is 4.40. The van der Waals surface area contributed by atoms with E-state index in [1.54, 1.807) is 0 Å². The van der Waals surface area contributed by atoms with E-state index in [1.807, 2.05) is 19.3 Å². The Labute approximate surface area is 89.7 Å². The van der Waals surface area contributed by atoms with Crippen LogP contribution in [0.15, 0.2) is 12.4 Å². The minimum atomic E-state index is 0.534. The molecule has 0 aromatic carbocycles. The van der Waals surface area contributed by atoms with Gasteiger partial charge in [0.1, 0.15) is 5.82 Å². The van der Waals surface area contributed by atoms with Crippen molar-refractivity contribution in [1.82, 2.24) is 15.3 Å². The first kappa shape index (κ1) is 9.09. The minimum absolute atomic E-state index is 0.534. The molecule has 80 valence electrons. The second-order valence-electron chi connectivity index (χ2n) is 4.80. The molecule has 0 aliphatic carbocycles. The highest BCUT2D eigenvalue weighted by Crippen LogP contribution is 2.37. The molecule has 2 fully saturated rings. The van der Waals surface area contributed by atoms with Gasteiger partial charge in [-0.2, -0.15) is 0 Å². The molecule has 1 aromatic rings. The fraction of sp³-hybridized carbons (Fsp3) is 0.636. The highest BCUT2D eigenvalue weighted by Gasteiger charge is 2.45. The van der Waals surface area contributed by atoms with Crippen molar-refractivity contribution >= 4 is 5.82 Å². The zero-order valence-electron chi connectivity index (χ0n) is 9.03. The summed E-state index contributed by atoms with van der Waals surface area (Å²) in [7, 11) is 0. The number of rotatable bonds is 1. The van der Waals surface area contributed by atoms with E-state index in [4.69, 9.17) is 0 Å². The number of hydrogen-bond donors (Lipinski definition) is 1. The molecular weight excluding hydrogens is 188 g/mol. The van der Waals surface area contributed by atoms with Gasteiger partial charge in [0.25, 0.3) is 0 Å². The molecular formula is C11H16N4. The molecule has 1 spiro atoms. The predicted octanol–water partition coefficient (Wildman–Crippen LogP) is 0.585. The third-order valence-electron chi connectivity index (χ3n) is 3.48. The molecule has 2 aliphatic heterocycles. The van der Waals surface area contributed by atoms with Crippen LogP contribution in [0.3, 0.4) is 0 Å². The molecule has 0 atom stereocenters. The van der Waals surface area contributed by atoms with Gasteiger partial charge in [0, 0.05) is 25.0 Å². The number of aromatic nitrogens is 2. The molecule has 3 heterocycles. The van der Waals surface area contributed by atoms with E-state index >= 15 is 0 Å². The molecule has 1 aromatic heterocycles. The number of anilines is 1. The zero-order valence-corrected chi connectivity index (χ0v) is 9.03. The summed E-state index contributed by atoms with van der Waals surface area (Å²) in [6.45, 7) is 6.58. The molecule has 2 aliphatic rings. The third-order valence-corrected chi connectivity index (χ3v) is 3.48. The Balaban J connectivity index is 1.69. The lowest BCUT2D eigenvalue weighted by Gasteiger charge is -2.48. The van der Waals surface area contributed by atoms with Gasteiger partial charge in [-0.15, -0.1) is 0 Å². The minimum Gasteiger partial charge on any atom is -0.354 e. The Bertz CT molecular complexity index is 345. The Kier molecular flexibility index (Phi) is 1.92. The molecule has 0 radical (unpaired) electrons. The number of hydrogen-bond acceptors (Lipinski definition) is 4. The summed E-state index contributed by atoms with van der Waals surface area (Å²) in [6, 6.07) is 0. The Hall–Kier alpha value is -1.16. The standard InChI is InChI=1S/C11H16N4/c1-9-4-14-10(5-13-9)15-7-11(8-15)2-3-12-6-11/h4-5,12H,2-3,6-8H2,1H3. The molecule has 0 saturated carbocycles. The zero-order chi connectivity index (χ0) is 10.3. The Morgan fingerprint density at radius 3 is 2.80 bits per heavy atom. The van der Waals surface area contributed by atoms with E-state index in [2.05, 4.69) is 20.2 Å². The Morgan fingerprint density at radius 1 is 1.33 bits per heavy atom. The van der Waals surface area contributed by atoms with Gasteiger partial charge in [-0.3, -0.25) is 4.98 Å². The van der Waals surface area contributed by atoms with E-state index in [0.717, 1.165) is 24.6 Å². The highest BCUT2D eigenvalue weighted by atomic mass is 15.3. The summed E-state index contributed by atoms with van der Waals surface area (Å²) in [5, 5.41) is 3.43. The van der Waals surface area contributed by atoms with E-state index in [9.17, 15) is 0 Å². The van der Waals surface area contributed by atoms with Crippen LogP contribution in [0.1, 0.15) is 12.1 Å². The normalized spacial score (nSPS) is 23.1. The molecule has 0 amide bonds. The fourth-order valence-electron chi connectivity index (χ4n) is 2.54. The SMILES string of the molecule is Cc1cnc(N2CC3(CCNC3)C2)cn1. The van der Waals surface area contributed by atoms with Gasteiger partial charge >= 0.3 is 0 Å². The lowest BCUT2D eigenvalue weighted by molar-refractivity contribution is 0.241. The van der Waals surface area contributed by atoms with Gasteiger partial charge in [0.15, 0.2) is 0 Å². The van der Waals surface area contributed by atoms with E-state index in [-0.39, 0.29) is 0 Å². The number of nitrogens with zero attached hydrogens (tertiary/aromatic N) is 3. The topological polar surface area (TPSA) is 41.1 Å². The summed E-state index contributed by atoms with van der Waals surface area (Å²) in [4.78, 5) is 11.0. The third kappa shape index (κ3) is 1.49. The summed E-state index contributed by atoms with van der Waals surface area (Å²) in [6.07, 6.45) is 5.03. The van der Waals surface area contributed by atoms with E-state index < -0.39 is 0 Å². The van der Waals surface area contributed by atoms with Gasteiger partial charge in [-0.05, 0) is 19.9 Å². The van der Waals surface area contributed by atoms with Crippen molar-refractivity contribution in [1.29, 1.82) is 0 Å². The second-order valence-corrected chi connectivity index (χ2v) is 4.80. The first-order chi connectivity index (χ1) is 7.27. The van der Waals surface area contributed by atoms with E-state index in [1.165, 1.54) is 19.5 Å². The summed E-state index contributed by atoms with van der Waals surface area (Å²) >= 11 is 0. The molecule has 4 heteroatoms. The highest BCUT2D eigenvalue weighted by molar-refractivity contribution is 5.41. The van der Waals surface area contributed by atoms with Gasteiger partial charge < -0.3 is 10.2 Å². The van der Waals surface area contributed by atoms with Crippen LogP contribution in [0.4, 0.5) is 5.82 Å². The average molecular weight is 204 g/mol. The molecule has 1 N–H and O–H groups in total. The first-order valence-electron chi connectivity index (χ1n) is 5.52. The molecule has 2 saturated heterocycles. The van der Waals surface area contributed by atoms with Crippen molar-refractivity contribution in [3.63, 3.8) is 0 Å². The van der Waals surface area contributed by atoms with Crippen molar-refractivity contribution in [3.05, 3.63) is 18.1 Å². The number of aryl methyl sites for hydroxylation is 1. The van der Waals surface area contributed by atoms with Crippen molar-refractivity contribution in [2.75, 3.05) is 31.1 Å². The van der Waals surface area contributed by atoms with Crippen molar-refractivity contribution in [3.8, 4) is 0 Å². The largest absolute Gasteiger partial charge is 0.354 e. The van der Waals surface area contributed by atoms with Gasteiger partial charge in [0.05, 0.1) is 18.1 Å². The van der Waals surface area contributed by atoms with Gasteiger partial charge in [-0.1, -0.05) is 0 Å². The maximum Gasteiger partial charge on any atom is 0.147 e. The smallest absolute Gasteiger partial charge is 0.147 e. The van der Waals surface area contributed by atoms with Gasteiger partial charge in [-0.25, -0.2) is 4.98 Å². The van der Waals surface area contributed by atoms with Crippen LogP contribution in [-0.4, -0.2) is 36.1 Å². The predicted molar refractivity (Wildman–Crippen MR) is 58.9 cm³/mol. The van der Waals surface area contributed by atoms with Crippen LogP contribution >= 0.6 is 0 Å². The van der Waals surface area contributed by atoms with Crippen LogP contribution in [0.2, 0.25) is 0 Å². The van der Waals surface area contributed by atoms with Crippen molar-refractivity contribution in [2.45, 2.75) is 13.3 Å². The van der Waals surface area contributed by atoms with Gasteiger partial charge in [0.2, 0.25) is 0 Å². The van der Waals surface area contributed by atoms with E-state index in [0.29, 0.717) is 5.41 Å². The summed E-state index contributed by atoms with van der Waals surface area (Å²) in [5.41, 5.74) is 1.52. The molecule has 0 bridgehead atoms. The van der Waals surface area contributed by atoms with Crippen LogP contribution in [0.5, 0.6) is 0 Å². The average Bonchev–Trinajstić information content (AvgIpc) is 2.66. The molecule has 4 nitrogen and oxygen atoms in total. The van der Waals surface area contributed by atoms with Crippen LogP contribution in [0.25, 0.3) is 0 Å². The molecule has 15 heavy (non-hydrogen) atoms. The molecule has 0 unspecified atom stereocenters. The number of nitrogens with one attached hydrogen (secondary N) is 1. The molecule has 3 rings (SSSR count). The van der Waals surface area contributed by atoms with Crippen molar-refractivity contribution in [2.24, 2.45) is 5.41 Å². The first-order valence-corrected chi connectivity index (χ1v) is 5.52. The van der Waals surface area contributed by atoms with Crippen LogP contribution in [0, 0.1) is 12.3 Å². The summed E-state index contributed by atoms with van der Waals surface area (Å²) in [5.74, 6) is 1.03. The second kappa shape index (κ2) is 3.17. The lowest BCUT2D eigenvalue weighted by atomic mass is 9.79.